The molecular formula is C10H15NO2. The van der Waals surface area contributed by atoms with E-state index < -0.39 is 5.60 Å². The van der Waals surface area contributed by atoms with Crippen LogP contribution in [0, 0.1) is 0 Å². The topological polar surface area (TPSA) is 52.3 Å². The molecule has 0 aromatic carbocycles. The van der Waals surface area contributed by atoms with Crippen LogP contribution in [0.25, 0.3) is 0 Å². The monoisotopic (exact) mass is 181 g/mol. The Hall–Kier alpha value is -1.09. The fourth-order valence-electron chi connectivity index (χ4n) is 1.30. The largest absolute Gasteiger partial charge is 0.491 e. The molecule has 1 rings (SSSR count). The molecule has 0 radical (unpaired) electrons. The van der Waals surface area contributed by atoms with Crippen molar-refractivity contribution in [2.45, 2.75) is 25.9 Å². The van der Waals surface area contributed by atoms with Gasteiger partial charge in [-0.15, -0.1) is 0 Å². The maximum absolute atomic E-state index is 11.6. The van der Waals surface area contributed by atoms with E-state index in [-0.39, 0.29) is 5.78 Å². The first kappa shape index (κ1) is 9.99. The minimum Gasteiger partial charge on any atom is -0.491 e. The molecule has 13 heavy (non-hydrogen) atoms. The van der Waals surface area contributed by atoms with Gasteiger partial charge in [-0.05, 0) is 32.5 Å². The van der Waals surface area contributed by atoms with Gasteiger partial charge in [0.2, 0.25) is 0 Å². The van der Waals surface area contributed by atoms with Gasteiger partial charge in [-0.2, -0.15) is 0 Å². The van der Waals surface area contributed by atoms with E-state index in [1.165, 1.54) is 0 Å². The standard InChI is InChI=1S/C10H15NO2/c1-10(2)8(4-3-7-13-10)9(12)5-6-11/h3-4,7H,5-6,11H2,1-2H3. The zero-order valence-electron chi connectivity index (χ0n) is 8.04. The molecule has 0 unspecified atom stereocenters. The Balaban J connectivity index is 2.82. The summed E-state index contributed by atoms with van der Waals surface area (Å²) in [4.78, 5) is 11.6. The maximum atomic E-state index is 11.6. The molecule has 0 amide bonds. The number of nitrogens with two attached hydrogens (primary N) is 1. The van der Waals surface area contributed by atoms with Crippen molar-refractivity contribution >= 4 is 5.78 Å². The molecular weight excluding hydrogens is 166 g/mol. The van der Waals surface area contributed by atoms with E-state index in [4.69, 9.17) is 10.5 Å². The fourth-order valence-corrected chi connectivity index (χ4v) is 1.30. The highest BCUT2D eigenvalue weighted by atomic mass is 16.5. The lowest BCUT2D eigenvalue weighted by Gasteiger charge is -2.28. The Labute approximate surface area is 78.3 Å². The van der Waals surface area contributed by atoms with Gasteiger partial charge in [0, 0.05) is 12.0 Å². The molecule has 0 bridgehead atoms. The Morgan fingerprint density at radius 1 is 1.62 bits per heavy atom. The van der Waals surface area contributed by atoms with Crippen molar-refractivity contribution in [2.24, 2.45) is 5.73 Å². The molecule has 0 aliphatic carbocycles. The van der Waals surface area contributed by atoms with Crippen LogP contribution in [-0.2, 0) is 9.53 Å². The summed E-state index contributed by atoms with van der Waals surface area (Å²) in [6.45, 7) is 4.13. The van der Waals surface area contributed by atoms with Crippen molar-refractivity contribution in [3.8, 4) is 0 Å². The van der Waals surface area contributed by atoms with E-state index >= 15 is 0 Å². The minimum absolute atomic E-state index is 0.0665. The summed E-state index contributed by atoms with van der Waals surface area (Å²) in [5.41, 5.74) is 5.50. The number of hydrogen-bond acceptors (Lipinski definition) is 3. The molecule has 0 fully saturated rings. The second-order valence-corrected chi connectivity index (χ2v) is 3.50. The van der Waals surface area contributed by atoms with Gasteiger partial charge in [0.1, 0.15) is 5.60 Å². The van der Waals surface area contributed by atoms with E-state index in [1.54, 1.807) is 18.4 Å². The lowest BCUT2D eigenvalue weighted by Crippen LogP contribution is -2.32. The van der Waals surface area contributed by atoms with E-state index in [2.05, 4.69) is 0 Å². The highest BCUT2D eigenvalue weighted by molar-refractivity contribution is 5.97. The summed E-state index contributed by atoms with van der Waals surface area (Å²) in [5, 5.41) is 0. The van der Waals surface area contributed by atoms with Crippen molar-refractivity contribution in [1.29, 1.82) is 0 Å². The van der Waals surface area contributed by atoms with Crippen LogP contribution in [0.3, 0.4) is 0 Å². The van der Waals surface area contributed by atoms with Crippen molar-refractivity contribution < 1.29 is 9.53 Å². The number of ether oxygens (including phenoxy) is 1. The van der Waals surface area contributed by atoms with Gasteiger partial charge in [-0.3, -0.25) is 4.79 Å². The van der Waals surface area contributed by atoms with Crippen molar-refractivity contribution in [3.05, 3.63) is 24.0 Å². The first-order valence-corrected chi connectivity index (χ1v) is 4.36. The number of rotatable bonds is 3. The molecule has 1 heterocycles. The Morgan fingerprint density at radius 3 is 2.85 bits per heavy atom. The molecule has 0 aromatic heterocycles. The predicted octanol–water partition coefficient (Wildman–Crippen LogP) is 1.15. The first-order valence-electron chi connectivity index (χ1n) is 4.36. The quantitative estimate of drug-likeness (QED) is 0.710. The molecule has 0 saturated heterocycles. The van der Waals surface area contributed by atoms with E-state index in [9.17, 15) is 4.79 Å². The molecule has 72 valence electrons. The van der Waals surface area contributed by atoms with Crippen LogP contribution in [0.4, 0.5) is 0 Å². The third-order valence-electron chi connectivity index (χ3n) is 2.02. The summed E-state index contributed by atoms with van der Waals surface area (Å²) >= 11 is 0. The second-order valence-electron chi connectivity index (χ2n) is 3.50. The molecule has 3 heteroatoms. The van der Waals surface area contributed by atoms with Gasteiger partial charge in [0.25, 0.3) is 0 Å². The second kappa shape index (κ2) is 3.75. The van der Waals surface area contributed by atoms with Crippen LogP contribution in [-0.4, -0.2) is 17.9 Å². The van der Waals surface area contributed by atoms with Crippen molar-refractivity contribution in [1.82, 2.24) is 0 Å². The van der Waals surface area contributed by atoms with E-state index in [0.717, 1.165) is 0 Å². The molecule has 0 spiro atoms. The van der Waals surface area contributed by atoms with Gasteiger partial charge in [-0.25, -0.2) is 0 Å². The van der Waals surface area contributed by atoms with E-state index in [0.29, 0.717) is 18.5 Å². The van der Waals surface area contributed by atoms with Crippen LogP contribution in [0.5, 0.6) is 0 Å². The number of hydrogen-bond donors (Lipinski definition) is 1. The molecule has 2 N–H and O–H groups in total. The van der Waals surface area contributed by atoms with Gasteiger partial charge in [0.05, 0.1) is 6.26 Å². The van der Waals surface area contributed by atoms with Crippen LogP contribution in [0.1, 0.15) is 20.3 Å². The summed E-state index contributed by atoms with van der Waals surface area (Å²) in [6.07, 6.45) is 5.50. The highest BCUT2D eigenvalue weighted by Crippen LogP contribution is 2.25. The number of Topliss-reactive ketones (excluding diaryl/α,β-unsaturated/α-hetero) is 1. The van der Waals surface area contributed by atoms with Crippen LogP contribution in [0.15, 0.2) is 24.0 Å². The number of carbonyl (C=O) groups excluding carboxylic acids is 1. The lowest BCUT2D eigenvalue weighted by atomic mass is 9.91. The molecule has 0 atom stereocenters. The summed E-state index contributed by atoms with van der Waals surface area (Å²) in [6, 6.07) is 0. The molecule has 0 aromatic rings. The Kier molecular flexibility index (Phi) is 2.88. The number of allylic oxidation sites excluding steroid dienone is 2. The fraction of sp³-hybridized carbons (Fsp3) is 0.500. The molecule has 1 aliphatic heterocycles. The SMILES string of the molecule is CC1(C)OC=CC=C1C(=O)CCN. The van der Waals surface area contributed by atoms with Gasteiger partial charge >= 0.3 is 0 Å². The number of ketones is 1. The highest BCUT2D eigenvalue weighted by Gasteiger charge is 2.29. The summed E-state index contributed by atoms with van der Waals surface area (Å²) in [5.74, 6) is 0.0665. The third-order valence-corrected chi connectivity index (χ3v) is 2.02. The Bertz CT molecular complexity index is 264. The normalized spacial score (nSPS) is 19.2. The first-order chi connectivity index (χ1) is 6.08. The number of carbonyl (C=O) groups is 1. The van der Waals surface area contributed by atoms with Crippen LogP contribution >= 0.6 is 0 Å². The van der Waals surface area contributed by atoms with Crippen LogP contribution < -0.4 is 5.73 Å². The maximum Gasteiger partial charge on any atom is 0.164 e. The van der Waals surface area contributed by atoms with E-state index in [1.807, 2.05) is 13.8 Å². The minimum atomic E-state index is -0.513. The van der Waals surface area contributed by atoms with Gasteiger partial charge in [-0.1, -0.05) is 0 Å². The van der Waals surface area contributed by atoms with Gasteiger partial charge < -0.3 is 10.5 Å². The smallest absolute Gasteiger partial charge is 0.164 e. The van der Waals surface area contributed by atoms with Gasteiger partial charge in [0.15, 0.2) is 5.78 Å². The molecule has 0 saturated carbocycles. The average Bonchev–Trinajstić information content (AvgIpc) is 2.03. The summed E-state index contributed by atoms with van der Waals surface area (Å²) < 4.78 is 5.33. The molecule has 3 nitrogen and oxygen atoms in total. The zero-order chi connectivity index (χ0) is 9.90. The zero-order valence-corrected chi connectivity index (χ0v) is 8.04. The van der Waals surface area contributed by atoms with Crippen LogP contribution in [0.2, 0.25) is 0 Å². The van der Waals surface area contributed by atoms with Crippen molar-refractivity contribution in [3.63, 3.8) is 0 Å². The summed E-state index contributed by atoms with van der Waals surface area (Å²) in [7, 11) is 0. The molecule has 1 aliphatic rings. The Morgan fingerprint density at radius 2 is 2.31 bits per heavy atom. The lowest BCUT2D eigenvalue weighted by molar-refractivity contribution is -0.117. The predicted molar refractivity (Wildman–Crippen MR) is 51.1 cm³/mol. The average molecular weight is 181 g/mol. The van der Waals surface area contributed by atoms with Crippen molar-refractivity contribution in [2.75, 3.05) is 6.54 Å². The third kappa shape index (κ3) is 2.18.